The number of hydrogen-bond donors (Lipinski definition) is 1. The minimum absolute atomic E-state index is 0.844. The molecular formula is C11H27N. The van der Waals surface area contributed by atoms with Crippen LogP contribution < -0.4 is 5.32 Å². The zero-order valence-electron chi connectivity index (χ0n) is 9.78. The van der Waals surface area contributed by atoms with Crippen LogP contribution in [0.25, 0.3) is 0 Å². The highest BCUT2D eigenvalue weighted by Crippen LogP contribution is 2.14. The van der Waals surface area contributed by atoms with Crippen molar-refractivity contribution >= 4 is 0 Å². The Morgan fingerprint density at radius 2 is 1.58 bits per heavy atom. The van der Waals surface area contributed by atoms with Gasteiger partial charge in [-0.1, -0.05) is 34.6 Å². The average Bonchev–Trinajstić information content (AvgIpc) is 2.08. The van der Waals surface area contributed by atoms with Gasteiger partial charge in [0, 0.05) is 0 Å². The normalized spacial score (nSPS) is 12.2. The van der Waals surface area contributed by atoms with Gasteiger partial charge in [-0.3, -0.25) is 0 Å². The predicted molar refractivity (Wildman–Crippen MR) is 58.5 cm³/mol. The van der Waals surface area contributed by atoms with Crippen LogP contribution in [0.3, 0.4) is 0 Å². The molecule has 1 unspecified atom stereocenters. The zero-order valence-corrected chi connectivity index (χ0v) is 9.78. The zero-order chi connectivity index (χ0) is 9.98. The summed E-state index contributed by atoms with van der Waals surface area (Å²) in [5.74, 6) is 1.73. The summed E-state index contributed by atoms with van der Waals surface area (Å²) in [5.41, 5.74) is 0. The fourth-order valence-electron chi connectivity index (χ4n) is 0.934. The molecule has 76 valence electrons. The lowest BCUT2D eigenvalue weighted by molar-refractivity contribution is 0.381. The molecule has 0 radical (unpaired) electrons. The molecule has 0 aliphatic rings. The summed E-state index contributed by atoms with van der Waals surface area (Å²) >= 11 is 0. The first-order valence-electron chi connectivity index (χ1n) is 5.33. The van der Waals surface area contributed by atoms with Gasteiger partial charge in [0.25, 0.3) is 0 Å². The molecule has 0 aliphatic heterocycles. The van der Waals surface area contributed by atoms with Crippen LogP contribution in [0.4, 0.5) is 0 Å². The van der Waals surface area contributed by atoms with Gasteiger partial charge < -0.3 is 5.32 Å². The van der Waals surface area contributed by atoms with Crippen molar-refractivity contribution in [3.05, 3.63) is 0 Å². The lowest BCUT2D eigenvalue weighted by atomic mass is 9.93. The molecule has 0 spiro atoms. The minimum Gasteiger partial charge on any atom is -0.320 e. The number of hydrogen-bond acceptors (Lipinski definition) is 1. The summed E-state index contributed by atoms with van der Waals surface area (Å²) in [6.45, 7) is 12.1. The van der Waals surface area contributed by atoms with Crippen LogP contribution in [-0.4, -0.2) is 13.6 Å². The molecule has 0 heterocycles. The van der Waals surface area contributed by atoms with Crippen molar-refractivity contribution in [3.63, 3.8) is 0 Å². The lowest BCUT2D eigenvalue weighted by Gasteiger charge is -2.14. The second kappa shape index (κ2) is 11.0. The summed E-state index contributed by atoms with van der Waals surface area (Å²) in [4.78, 5) is 0. The SMILES string of the molecule is CC.CNCCCC(C)C(C)C. The maximum atomic E-state index is 3.16. The molecule has 0 rings (SSSR count). The maximum Gasteiger partial charge on any atom is -0.00518 e. The highest BCUT2D eigenvalue weighted by Gasteiger charge is 2.04. The molecule has 0 aromatic rings. The van der Waals surface area contributed by atoms with Crippen molar-refractivity contribution in [3.8, 4) is 0 Å². The van der Waals surface area contributed by atoms with Crippen LogP contribution in [0.2, 0.25) is 0 Å². The molecule has 1 nitrogen and oxygen atoms in total. The highest BCUT2D eigenvalue weighted by atomic mass is 14.8. The molecule has 1 atom stereocenters. The van der Waals surface area contributed by atoms with Crippen molar-refractivity contribution in [2.75, 3.05) is 13.6 Å². The van der Waals surface area contributed by atoms with Crippen LogP contribution >= 0.6 is 0 Å². The van der Waals surface area contributed by atoms with Crippen molar-refractivity contribution in [1.29, 1.82) is 0 Å². The van der Waals surface area contributed by atoms with Crippen LogP contribution in [0, 0.1) is 11.8 Å². The third kappa shape index (κ3) is 9.96. The third-order valence-electron chi connectivity index (χ3n) is 2.22. The summed E-state index contributed by atoms with van der Waals surface area (Å²) in [5, 5.41) is 3.16. The standard InChI is InChI=1S/C9H21N.C2H6/c1-8(2)9(3)6-5-7-10-4;1-2/h8-10H,5-7H2,1-4H3;1-2H3. The van der Waals surface area contributed by atoms with Crippen molar-refractivity contribution in [2.24, 2.45) is 11.8 Å². The van der Waals surface area contributed by atoms with Crippen molar-refractivity contribution in [2.45, 2.75) is 47.5 Å². The van der Waals surface area contributed by atoms with Gasteiger partial charge in [-0.05, 0) is 38.3 Å². The third-order valence-corrected chi connectivity index (χ3v) is 2.22. The molecule has 0 fully saturated rings. The van der Waals surface area contributed by atoms with E-state index >= 15 is 0 Å². The predicted octanol–water partition coefficient (Wildman–Crippen LogP) is 3.30. The monoisotopic (exact) mass is 173 g/mol. The molecule has 0 saturated carbocycles. The van der Waals surface area contributed by atoms with E-state index in [0.717, 1.165) is 18.4 Å². The molecule has 0 bridgehead atoms. The molecule has 12 heavy (non-hydrogen) atoms. The first-order valence-corrected chi connectivity index (χ1v) is 5.33. The first-order chi connectivity index (χ1) is 5.68. The van der Waals surface area contributed by atoms with Crippen LogP contribution in [0.15, 0.2) is 0 Å². The molecule has 0 aliphatic carbocycles. The van der Waals surface area contributed by atoms with Gasteiger partial charge in [0.05, 0.1) is 0 Å². The molecule has 0 saturated heterocycles. The van der Waals surface area contributed by atoms with Crippen LogP contribution in [0.5, 0.6) is 0 Å². The van der Waals surface area contributed by atoms with Crippen LogP contribution in [0.1, 0.15) is 47.5 Å². The molecule has 0 aromatic carbocycles. The van der Waals surface area contributed by atoms with E-state index in [2.05, 4.69) is 26.1 Å². The summed E-state index contributed by atoms with van der Waals surface area (Å²) in [6, 6.07) is 0. The number of rotatable bonds is 5. The fraction of sp³-hybridized carbons (Fsp3) is 1.00. The first kappa shape index (κ1) is 14.5. The van der Waals surface area contributed by atoms with E-state index in [4.69, 9.17) is 0 Å². The average molecular weight is 173 g/mol. The van der Waals surface area contributed by atoms with E-state index in [9.17, 15) is 0 Å². The molecule has 0 aromatic heterocycles. The second-order valence-corrected chi connectivity index (χ2v) is 3.47. The minimum atomic E-state index is 0.844. The van der Waals surface area contributed by atoms with E-state index in [1.165, 1.54) is 12.8 Å². The lowest BCUT2D eigenvalue weighted by Crippen LogP contribution is -2.11. The second-order valence-electron chi connectivity index (χ2n) is 3.47. The Morgan fingerprint density at radius 3 is 1.92 bits per heavy atom. The van der Waals surface area contributed by atoms with E-state index in [-0.39, 0.29) is 0 Å². The Morgan fingerprint density at radius 1 is 1.08 bits per heavy atom. The maximum absolute atomic E-state index is 3.16. The van der Waals surface area contributed by atoms with Crippen molar-refractivity contribution in [1.82, 2.24) is 5.32 Å². The summed E-state index contributed by atoms with van der Waals surface area (Å²) < 4.78 is 0. The fourth-order valence-corrected chi connectivity index (χ4v) is 0.934. The smallest absolute Gasteiger partial charge is 0.00518 e. The Kier molecular flexibility index (Phi) is 13.2. The van der Waals surface area contributed by atoms with Gasteiger partial charge in [0.2, 0.25) is 0 Å². The van der Waals surface area contributed by atoms with E-state index < -0.39 is 0 Å². The van der Waals surface area contributed by atoms with Gasteiger partial charge in [-0.25, -0.2) is 0 Å². The van der Waals surface area contributed by atoms with Gasteiger partial charge in [0.15, 0.2) is 0 Å². The summed E-state index contributed by atoms with van der Waals surface area (Å²) in [7, 11) is 2.01. The summed E-state index contributed by atoms with van der Waals surface area (Å²) in [6.07, 6.45) is 2.67. The molecule has 1 heteroatoms. The van der Waals surface area contributed by atoms with E-state index in [1.807, 2.05) is 20.9 Å². The number of nitrogens with one attached hydrogen (secondary N) is 1. The van der Waals surface area contributed by atoms with Gasteiger partial charge in [-0.15, -0.1) is 0 Å². The van der Waals surface area contributed by atoms with Gasteiger partial charge in [-0.2, -0.15) is 0 Å². The van der Waals surface area contributed by atoms with Gasteiger partial charge in [0.1, 0.15) is 0 Å². The van der Waals surface area contributed by atoms with Crippen LogP contribution in [-0.2, 0) is 0 Å². The largest absolute Gasteiger partial charge is 0.320 e. The quantitative estimate of drug-likeness (QED) is 0.629. The molecule has 0 amide bonds. The highest BCUT2D eigenvalue weighted by molar-refractivity contribution is 4.57. The Labute approximate surface area is 78.9 Å². The Balaban J connectivity index is 0. The topological polar surface area (TPSA) is 12.0 Å². The Hall–Kier alpha value is -0.0400. The van der Waals surface area contributed by atoms with E-state index in [0.29, 0.717) is 0 Å². The van der Waals surface area contributed by atoms with E-state index in [1.54, 1.807) is 0 Å². The Bertz CT molecular complexity index is 69.4. The molecular weight excluding hydrogens is 146 g/mol. The van der Waals surface area contributed by atoms with Gasteiger partial charge >= 0.3 is 0 Å². The van der Waals surface area contributed by atoms with Crippen molar-refractivity contribution < 1.29 is 0 Å². The molecule has 1 N–H and O–H groups in total.